The van der Waals surface area contributed by atoms with Gasteiger partial charge in [0.05, 0.1) is 13.2 Å². The van der Waals surface area contributed by atoms with Crippen molar-refractivity contribution in [3.63, 3.8) is 0 Å². The van der Waals surface area contributed by atoms with Gasteiger partial charge in [0.2, 0.25) is 0 Å². The van der Waals surface area contributed by atoms with Crippen molar-refractivity contribution in [3.8, 4) is 0 Å². The quantitative estimate of drug-likeness (QED) is 0.879. The first-order valence-corrected chi connectivity index (χ1v) is 6.97. The molecule has 0 aliphatic rings. The highest BCUT2D eigenvalue weighted by Gasteiger charge is 2.32. The summed E-state index contributed by atoms with van der Waals surface area (Å²) in [7, 11) is 0. The molecule has 0 unspecified atom stereocenters. The molecule has 0 bridgehead atoms. The van der Waals surface area contributed by atoms with E-state index in [1.54, 1.807) is 18.3 Å². The van der Waals surface area contributed by atoms with Crippen LogP contribution in [0.1, 0.15) is 11.3 Å². The lowest BCUT2D eigenvalue weighted by molar-refractivity contribution is 0.115. The van der Waals surface area contributed by atoms with E-state index >= 15 is 0 Å². The van der Waals surface area contributed by atoms with Crippen LogP contribution < -0.4 is 0 Å². The van der Waals surface area contributed by atoms with Crippen LogP contribution in [0.5, 0.6) is 0 Å². The molecule has 2 rings (SSSR count). The van der Waals surface area contributed by atoms with Gasteiger partial charge in [0, 0.05) is 28.2 Å². The number of aromatic nitrogens is 1. The molecule has 5 heteroatoms. The van der Waals surface area contributed by atoms with Crippen LogP contribution in [0.2, 0.25) is 0 Å². The Labute approximate surface area is 125 Å². The molecule has 1 heterocycles. The first-order valence-electron chi connectivity index (χ1n) is 6.18. The van der Waals surface area contributed by atoms with Crippen LogP contribution in [0.25, 0.3) is 0 Å². The number of aliphatic hydroxyl groups is 2. The first-order chi connectivity index (χ1) is 9.59. The van der Waals surface area contributed by atoms with Crippen molar-refractivity contribution in [2.45, 2.75) is 11.8 Å². The van der Waals surface area contributed by atoms with Gasteiger partial charge >= 0.3 is 0 Å². The summed E-state index contributed by atoms with van der Waals surface area (Å²) in [5, 5.41) is 19.4. The average molecular weight is 340 g/mol. The van der Waals surface area contributed by atoms with E-state index in [4.69, 9.17) is 0 Å². The molecule has 0 saturated heterocycles. The number of nitrogens with zero attached hydrogens (tertiary/aromatic N) is 1. The van der Waals surface area contributed by atoms with Gasteiger partial charge in [-0.2, -0.15) is 0 Å². The molecule has 0 aliphatic carbocycles. The molecule has 0 atom stereocenters. The highest BCUT2D eigenvalue weighted by Crippen LogP contribution is 2.28. The molecule has 3 nitrogen and oxygen atoms in total. The molecule has 0 amide bonds. The van der Waals surface area contributed by atoms with Gasteiger partial charge < -0.3 is 10.2 Å². The average Bonchev–Trinajstić information content (AvgIpc) is 2.48. The third-order valence-electron chi connectivity index (χ3n) is 3.37. The molecule has 0 aliphatic heterocycles. The Bertz CT molecular complexity index is 553. The summed E-state index contributed by atoms with van der Waals surface area (Å²) in [6.07, 6.45) is 2.04. The smallest absolute Gasteiger partial charge is 0.123 e. The summed E-state index contributed by atoms with van der Waals surface area (Å²) in [4.78, 5) is 4.26. The van der Waals surface area contributed by atoms with Crippen molar-refractivity contribution >= 4 is 15.9 Å². The van der Waals surface area contributed by atoms with Crippen molar-refractivity contribution in [1.29, 1.82) is 0 Å². The summed E-state index contributed by atoms with van der Waals surface area (Å²) in [6.45, 7) is -0.486. The maximum atomic E-state index is 13.0. The SMILES string of the molecule is OCC(CO)(Cc1ccc(Br)cn1)c1ccc(F)cc1. The minimum absolute atomic E-state index is 0.243. The maximum absolute atomic E-state index is 13.0. The lowest BCUT2D eigenvalue weighted by Crippen LogP contribution is -2.37. The molecule has 0 radical (unpaired) electrons. The molecule has 106 valence electrons. The van der Waals surface area contributed by atoms with Gasteiger partial charge in [-0.25, -0.2) is 4.39 Å². The highest BCUT2D eigenvalue weighted by atomic mass is 79.9. The monoisotopic (exact) mass is 339 g/mol. The van der Waals surface area contributed by atoms with E-state index in [0.29, 0.717) is 12.0 Å². The van der Waals surface area contributed by atoms with Crippen LogP contribution in [0.4, 0.5) is 4.39 Å². The highest BCUT2D eigenvalue weighted by molar-refractivity contribution is 9.10. The zero-order valence-electron chi connectivity index (χ0n) is 10.8. The predicted octanol–water partition coefficient (Wildman–Crippen LogP) is 2.45. The van der Waals surface area contributed by atoms with Crippen molar-refractivity contribution in [2.75, 3.05) is 13.2 Å². The number of benzene rings is 1. The zero-order valence-corrected chi connectivity index (χ0v) is 12.3. The van der Waals surface area contributed by atoms with E-state index in [1.807, 2.05) is 12.1 Å². The lowest BCUT2D eigenvalue weighted by Gasteiger charge is -2.30. The second kappa shape index (κ2) is 6.43. The maximum Gasteiger partial charge on any atom is 0.123 e. The second-order valence-electron chi connectivity index (χ2n) is 4.75. The number of hydrogen-bond acceptors (Lipinski definition) is 3. The summed E-state index contributed by atoms with van der Waals surface area (Å²) in [5.74, 6) is -0.347. The van der Waals surface area contributed by atoms with E-state index < -0.39 is 5.41 Å². The van der Waals surface area contributed by atoms with Gasteiger partial charge in [0.1, 0.15) is 5.82 Å². The fourth-order valence-electron chi connectivity index (χ4n) is 2.11. The van der Waals surface area contributed by atoms with Gasteiger partial charge in [0.15, 0.2) is 0 Å². The third-order valence-corrected chi connectivity index (χ3v) is 3.84. The fourth-order valence-corrected chi connectivity index (χ4v) is 2.34. The first kappa shape index (κ1) is 15.1. The summed E-state index contributed by atoms with van der Waals surface area (Å²) >= 11 is 3.31. The number of halogens is 2. The van der Waals surface area contributed by atoms with E-state index in [9.17, 15) is 14.6 Å². The van der Waals surface area contributed by atoms with E-state index in [0.717, 1.165) is 10.2 Å². The topological polar surface area (TPSA) is 53.4 Å². The van der Waals surface area contributed by atoms with Crippen molar-refractivity contribution in [2.24, 2.45) is 0 Å². The Morgan fingerprint density at radius 3 is 2.20 bits per heavy atom. The van der Waals surface area contributed by atoms with Gasteiger partial charge in [0.25, 0.3) is 0 Å². The molecule has 2 aromatic rings. The zero-order chi connectivity index (χ0) is 14.6. The number of hydrogen-bond donors (Lipinski definition) is 2. The van der Waals surface area contributed by atoms with Crippen LogP contribution in [0.3, 0.4) is 0 Å². The second-order valence-corrected chi connectivity index (χ2v) is 5.66. The van der Waals surface area contributed by atoms with Gasteiger partial charge in [-0.15, -0.1) is 0 Å². The van der Waals surface area contributed by atoms with E-state index in [1.165, 1.54) is 12.1 Å². The molecular formula is C15H15BrFNO2. The Morgan fingerprint density at radius 1 is 1.05 bits per heavy atom. The van der Waals surface area contributed by atoms with Crippen LogP contribution in [-0.2, 0) is 11.8 Å². The van der Waals surface area contributed by atoms with Gasteiger partial charge in [-0.1, -0.05) is 12.1 Å². The van der Waals surface area contributed by atoms with E-state index in [-0.39, 0.29) is 19.0 Å². The number of rotatable bonds is 5. The minimum atomic E-state index is -0.867. The van der Waals surface area contributed by atoms with Crippen LogP contribution in [-0.4, -0.2) is 28.4 Å². The third kappa shape index (κ3) is 3.23. The Morgan fingerprint density at radius 2 is 1.70 bits per heavy atom. The van der Waals surface area contributed by atoms with Crippen LogP contribution in [0.15, 0.2) is 47.1 Å². The molecule has 0 fully saturated rings. The minimum Gasteiger partial charge on any atom is -0.395 e. The van der Waals surface area contributed by atoms with Crippen molar-refractivity contribution in [1.82, 2.24) is 4.98 Å². The summed E-state index contributed by atoms with van der Waals surface area (Å²) in [6, 6.07) is 9.50. The van der Waals surface area contributed by atoms with Crippen LogP contribution >= 0.6 is 15.9 Å². The fraction of sp³-hybridized carbons (Fsp3) is 0.267. The van der Waals surface area contributed by atoms with Crippen LogP contribution in [0, 0.1) is 5.82 Å². The summed E-state index contributed by atoms with van der Waals surface area (Å²) in [5.41, 5.74) is 0.573. The molecule has 1 aromatic carbocycles. The standard InChI is InChI=1S/C15H15BrFNO2/c16-12-3-6-14(18-8-12)7-15(9-19,10-20)11-1-4-13(17)5-2-11/h1-6,8,19-20H,7,9-10H2. The normalized spacial score (nSPS) is 11.6. The van der Waals surface area contributed by atoms with Gasteiger partial charge in [-0.3, -0.25) is 4.98 Å². The number of pyridine rings is 1. The molecule has 1 aromatic heterocycles. The Kier molecular flexibility index (Phi) is 4.86. The molecule has 0 saturated carbocycles. The van der Waals surface area contributed by atoms with E-state index in [2.05, 4.69) is 20.9 Å². The largest absolute Gasteiger partial charge is 0.395 e. The summed E-state index contributed by atoms with van der Waals surface area (Å²) < 4.78 is 13.9. The predicted molar refractivity (Wildman–Crippen MR) is 77.9 cm³/mol. The molecule has 2 N–H and O–H groups in total. The molecule has 20 heavy (non-hydrogen) atoms. The molecule has 0 spiro atoms. The van der Waals surface area contributed by atoms with Crippen molar-refractivity contribution < 1.29 is 14.6 Å². The lowest BCUT2D eigenvalue weighted by atomic mass is 9.78. The Hall–Kier alpha value is -1.30. The molecular weight excluding hydrogens is 325 g/mol. The van der Waals surface area contributed by atoms with Crippen molar-refractivity contribution in [3.05, 3.63) is 64.1 Å². The Balaban J connectivity index is 2.33. The number of aliphatic hydroxyl groups excluding tert-OH is 2. The van der Waals surface area contributed by atoms with Gasteiger partial charge in [-0.05, 0) is 45.8 Å².